The van der Waals surface area contributed by atoms with Gasteiger partial charge in [-0.05, 0) is 13.3 Å². The first-order chi connectivity index (χ1) is 9.72. The van der Waals surface area contributed by atoms with Gasteiger partial charge in [-0.2, -0.15) is 15.0 Å². The Hall–Kier alpha value is -1.96. The van der Waals surface area contributed by atoms with E-state index in [4.69, 9.17) is 4.74 Å². The third kappa shape index (κ3) is 3.77. The lowest BCUT2D eigenvalue weighted by atomic mass is 10.4. The van der Waals surface area contributed by atoms with Gasteiger partial charge in [-0.1, -0.05) is 6.92 Å². The van der Waals surface area contributed by atoms with E-state index in [9.17, 15) is 0 Å². The number of thiazole rings is 1. The van der Waals surface area contributed by atoms with Gasteiger partial charge in [0, 0.05) is 11.9 Å². The van der Waals surface area contributed by atoms with Gasteiger partial charge in [0.1, 0.15) is 0 Å². The van der Waals surface area contributed by atoms with Crippen molar-refractivity contribution in [2.75, 3.05) is 24.3 Å². The summed E-state index contributed by atoms with van der Waals surface area (Å²) in [6.07, 6.45) is 0.906. The van der Waals surface area contributed by atoms with Crippen LogP contribution in [0.15, 0.2) is 5.51 Å². The van der Waals surface area contributed by atoms with Gasteiger partial charge in [-0.3, -0.25) is 0 Å². The molecule has 0 amide bonds. The Bertz CT molecular complexity index is 559. The summed E-state index contributed by atoms with van der Waals surface area (Å²) < 4.78 is 5.45. The van der Waals surface area contributed by atoms with Crippen LogP contribution in [0.25, 0.3) is 0 Å². The zero-order valence-corrected chi connectivity index (χ0v) is 12.6. The highest BCUT2D eigenvalue weighted by Gasteiger charge is 2.08. The summed E-state index contributed by atoms with van der Waals surface area (Å²) in [4.78, 5) is 18.0. The highest BCUT2D eigenvalue weighted by atomic mass is 32.1. The molecule has 0 aliphatic heterocycles. The molecule has 7 nitrogen and oxygen atoms in total. The van der Waals surface area contributed by atoms with E-state index in [1.807, 2.05) is 19.4 Å². The second kappa shape index (κ2) is 6.99. The van der Waals surface area contributed by atoms with Crippen LogP contribution in [0.3, 0.4) is 0 Å². The Labute approximate surface area is 121 Å². The predicted molar refractivity (Wildman–Crippen MR) is 79.3 cm³/mol. The summed E-state index contributed by atoms with van der Waals surface area (Å²) >= 11 is 1.61. The SMILES string of the molecule is CCCOc1nc(NC)nc(NCc2scnc2C)n1. The Morgan fingerprint density at radius 1 is 1.25 bits per heavy atom. The van der Waals surface area contributed by atoms with Gasteiger partial charge in [0.2, 0.25) is 11.9 Å². The molecule has 0 spiro atoms. The molecule has 8 heteroatoms. The number of anilines is 2. The number of ether oxygens (including phenoxy) is 1. The molecule has 2 aromatic heterocycles. The van der Waals surface area contributed by atoms with Crippen molar-refractivity contribution in [1.82, 2.24) is 19.9 Å². The van der Waals surface area contributed by atoms with Crippen LogP contribution < -0.4 is 15.4 Å². The minimum absolute atomic E-state index is 0.328. The Balaban J connectivity index is 2.07. The molecule has 0 aliphatic rings. The predicted octanol–water partition coefficient (Wildman–Crippen LogP) is 2.08. The molecule has 108 valence electrons. The second-order valence-electron chi connectivity index (χ2n) is 4.08. The van der Waals surface area contributed by atoms with E-state index < -0.39 is 0 Å². The van der Waals surface area contributed by atoms with E-state index in [1.54, 1.807) is 18.4 Å². The summed E-state index contributed by atoms with van der Waals surface area (Å²) in [5.74, 6) is 0.970. The average Bonchev–Trinajstić information content (AvgIpc) is 2.88. The Morgan fingerprint density at radius 3 is 2.70 bits per heavy atom. The van der Waals surface area contributed by atoms with Crippen LogP contribution in [-0.2, 0) is 6.54 Å². The Kier molecular flexibility index (Phi) is 5.05. The summed E-state index contributed by atoms with van der Waals surface area (Å²) in [6, 6.07) is 0.328. The first kappa shape index (κ1) is 14.4. The van der Waals surface area contributed by atoms with Crippen molar-refractivity contribution >= 4 is 23.2 Å². The van der Waals surface area contributed by atoms with Gasteiger partial charge in [-0.25, -0.2) is 4.98 Å². The normalized spacial score (nSPS) is 10.3. The van der Waals surface area contributed by atoms with Crippen molar-refractivity contribution in [3.8, 4) is 6.01 Å². The zero-order valence-electron chi connectivity index (χ0n) is 11.8. The van der Waals surface area contributed by atoms with Gasteiger partial charge < -0.3 is 15.4 Å². The van der Waals surface area contributed by atoms with Crippen molar-refractivity contribution in [2.24, 2.45) is 0 Å². The third-order valence-electron chi connectivity index (χ3n) is 2.53. The quantitative estimate of drug-likeness (QED) is 0.808. The zero-order chi connectivity index (χ0) is 14.4. The van der Waals surface area contributed by atoms with Crippen LogP contribution in [0.1, 0.15) is 23.9 Å². The molecule has 0 atom stereocenters. The van der Waals surface area contributed by atoms with Gasteiger partial charge >= 0.3 is 6.01 Å². The van der Waals surface area contributed by atoms with Crippen LogP contribution >= 0.6 is 11.3 Å². The lowest BCUT2D eigenvalue weighted by Gasteiger charge is -2.08. The molecule has 0 fully saturated rings. The van der Waals surface area contributed by atoms with Crippen molar-refractivity contribution in [1.29, 1.82) is 0 Å². The van der Waals surface area contributed by atoms with Crippen molar-refractivity contribution in [3.05, 3.63) is 16.1 Å². The molecule has 0 aromatic carbocycles. The third-order valence-corrected chi connectivity index (χ3v) is 3.46. The molecule has 2 N–H and O–H groups in total. The monoisotopic (exact) mass is 294 g/mol. The number of hydrogen-bond acceptors (Lipinski definition) is 8. The highest BCUT2D eigenvalue weighted by molar-refractivity contribution is 7.09. The molecule has 2 aromatic rings. The molecule has 0 saturated carbocycles. The van der Waals surface area contributed by atoms with Gasteiger partial charge in [0.05, 0.1) is 24.4 Å². The van der Waals surface area contributed by atoms with Crippen LogP contribution in [0.2, 0.25) is 0 Å². The molecule has 0 bridgehead atoms. The largest absolute Gasteiger partial charge is 0.463 e. The number of aryl methyl sites for hydroxylation is 1. The fourth-order valence-corrected chi connectivity index (χ4v) is 2.18. The smallest absolute Gasteiger partial charge is 0.323 e. The van der Waals surface area contributed by atoms with E-state index in [1.165, 1.54) is 0 Å². The molecule has 0 radical (unpaired) electrons. The number of hydrogen-bond donors (Lipinski definition) is 2. The lowest BCUT2D eigenvalue weighted by Crippen LogP contribution is -2.09. The van der Waals surface area contributed by atoms with Gasteiger partial charge in [0.25, 0.3) is 0 Å². The number of aromatic nitrogens is 4. The topological polar surface area (TPSA) is 84.9 Å². The molecule has 0 aliphatic carbocycles. The summed E-state index contributed by atoms with van der Waals surface area (Å²) in [7, 11) is 1.76. The Morgan fingerprint density at radius 2 is 2.05 bits per heavy atom. The molecule has 0 unspecified atom stereocenters. The summed E-state index contributed by atoms with van der Waals surface area (Å²) in [5.41, 5.74) is 2.85. The maximum atomic E-state index is 5.45. The molecule has 0 saturated heterocycles. The summed E-state index contributed by atoms with van der Waals surface area (Å²) in [6.45, 7) is 5.24. The van der Waals surface area contributed by atoms with Crippen molar-refractivity contribution in [2.45, 2.75) is 26.8 Å². The summed E-state index contributed by atoms with van der Waals surface area (Å²) in [5, 5.41) is 6.06. The molecule has 20 heavy (non-hydrogen) atoms. The van der Waals surface area contributed by atoms with E-state index in [-0.39, 0.29) is 0 Å². The minimum atomic E-state index is 0.328. The van der Waals surface area contributed by atoms with E-state index in [0.717, 1.165) is 17.0 Å². The number of nitrogens with one attached hydrogen (secondary N) is 2. The van der Waals surface area contributed by atoms with Crippen LogP contribution in [0, 0.1) is 6.92 Å². The first-order valence-corrected chi connectivity index (χ1v) is 7.30. The van der Waals surface area contributed by atoms with Crippen LogP contribution in [0.5, 0.6) is 6.01 Å². The lowest BCUT2D eigenvalue weighted by molar-refractivity contribution is 0.292. The van der Waals surface area contributed by atoms with Gasteiger partial charge in [0.15, 0.2) is 0 Å². The van der Waals surface area contributed by atoms with Crippen molar-refractivity contribution in [3.63, 3.8) is 0 Å². The average molecular weight is 294 g/mol. The fourth-order valence-electron chi connectivity index (χ4n) is 1.46. The molecule has 2 heterocycles. The highest BCUT2D eigenvalue weighted by Crippen LogP contribution is 2.15. The van der Waals surface area contributed by atoms with Gasteiger partial charge in [-0.15, -0.1) is 11.3 Å². The second-order valence-corrected chi connectivity index (χ2v) is 5.02. The molecule has 2 rings (SSSR count). The first-order valence-electron chi connectivity index (χ1n) is 6.42. The fraction of sp³-hybridized carbons (Fsp3) is 0.500. The maximum absolute atomic E-state index is 5.45. The number of nitrogens with zero attached hydrogens (tertiary/aromatic N) is 4. The van der Waals surface area contributed by atoms with Crippen LogP contribution in [0.4, 0.5) is 11.9 Å². The molecular formula is C12H18N6OS. The maximum Gasteiger partial charge on any atom is 0.323 e. The molecular weight excluding hydrogens is 276 g/mol. The van der Waals surface area contributed by atoms with Crippen LogP contribution in [-0.4, -0.2) is 33.6 Å². The van der Waals surface area contributed by atoms with E-state index in [2.05, 4.69) is 30.6 Å². The standard InChI is InChI=1S/C12H18N6OS/c1-4-5-19-12-17-10(13-3)16-11(18-12)14-6-9-8(2)15-7-20-9/h7H,4-6H2,1-3H3,(H2,13,14,16,17,18). The minimum Gasteiger partial charge on any atom is -0.463 e. The number of rotatable bonds is 7. The van der Waals surface area contributed by atoms with Crippen molar-refractivity contribution < 1.29 is 4.74 Å². The van der Waals surface area contributed by atoms with E-state index in [0.29, 0.717) is 31.1 Å². The van der Waals surface area contributed by atoms with E-state index >= 15 is 0 Å².